The molecule has 0 aromatic carbocycles. The minimum Gasteiger partial charge on any atom is -0.396 e. The molecule has 2 N–H and O–H groups in total. The van der Waals surface area contributed by atoms with E-state index in [-0.39, 0.29) is 17.2 Å². The number of halogens is 3. The van der Waals surface area contributed by atoms with Crippen LogP contribution < -0.4 is 5.32 Å². The number of alkyl halides is 3. The number of hydrogen-bond donors (Lipinski definition) is 2. The number of rotatable bonds is 5. The van der Waals surface area contributed by atoms with Crippen molar-refractivity contribution in [2.24, 2.45) is 5.41 Å². The Hall–Kier alpha value is -0.890. The molecule has 1 heterocycles. The zero-order valence-electron chi connectivity index (χ0n) is 11.0. The topological polar surface area (TPSA) is 58.0 Å². The lowest BCUT2D eigenvalue weighted by molar-refractivity contribution is -0.138. The first-order valence-corrected chi connectivity index (χ1v) is 7.52. The maximum absolute atomic E-state index is 12.4. The summed E-state index contributed by atoms with van der Waals surface area (Å²) in [5.41, 5.74) is -0.0307. The molecule has 1 aliphatic rings. The number of aliphatic hydroxyl groups excluding tert-OH is 1. The molecule has 0 spiro atoms. The standard InChI is InChI=1S/C12H18F3N3OS/c13-12(14,15)9-17-18-10(20-9)16-8-11(6-7-19)4-2-1-3-5-11/h19H,1-8H2,(H,16,18). The zero-order chi connectivity index (χ0) is 14.6. The molecular weight excluding hydrogens is 291 g/mol. The highest BCUT2D eigenvalue weighted by Crippen LogP contribution is 2.40. The Kier molecular flexibility index (Phi) is 4.85. The molecule has 0 saturated heterocycles. The average molecular weight is 309 g/mol. The van der Waals surface area contributed by atoms with Gasteiger partial charge in [-0.2, -0.15) is 13.2 Å². The number of anilines is 1. The van der Waals surface area contributed by atoms with Crippen LogP contribution in [0.4, 0.5) is 18.3 Å². The Balaban J connectivity index is 1.97. The lowest BCUT2D eigenvalue weighted by atomic mass is 9.72. The van der Waals surface area contributed by atoms with Gasteiger partial charge in [0.2, 0.25) is 10.1 Å². The van der Waals surface area contributed by atoms with Gasteiger partial charge in [0.1, 0.15) is 0 Å². The van der Waals surface area contributed by atoms with Crippen molar-refractivity contribution in [2.45, 2.75) is 44.7 Å². The molecule has 1 aromatic heterocycles. The van der Waals surface area contributed by atoms with Gasteiger partial charge in [-0.05, 0) is 24.7 Å². The number of nitrogens with zero attached hydrogens (tertiary/aromatic N) is 2. The minimum atomic E-state index is -4.44. The van der Waals surface area contributed by atoms with E-state index in [1.165, 1.54) is 6.42 Å². The molecule has 0 unspecified atom stereocenters. The van der Waals surface area contributed by atoms with Gasteiger partial charge in [-0.1, -0.05) is 30.6 Å². The monoisotopic (exact) mass is 309 g/mol. The second-order valence-corrected chi connectivity index (χ2v) is 6.28. The highest BCUT2D eigenvalue weighted by atomic mass is 32.1. The first kappa shape index (κ1) is 15.5. The van der Waals surface area contributed by atoms with Crippen LogP contribution in [0.5, 0.6) is 0 Å². The molecule has 1 aromatic rings. The van der Waals surface area contributed by atoms with E-state index in [1.807, 2.05) is 0 Å². The lowest BCUT2D eigenvalue weighted by Gasteiger charge is -2.37. The van der Waals surface area contributed by atoms with E-state index in [2.05, 4.69) is 15.5 Å². The van der Waals surface area contributed by atoms with E-state index in [4.69, 9.17) is 0 Å². The van der Waals surface area contributed by atoms with Crippen LogP contribution in [-0.2, 0) is 6.18 Å². The molecule has 0 bridgehead atoms. The first-order valence-electron chi connectivity index (χ1n) is 6.71. The van der Waals surface area contributed by atoms with Crippen molar-refractivity contribution in [3.63, 3.8) is 0 Å². The van der Waals surface area contributed by atoms with Crippen LogP contribution in [0.25, 0.3) is 0 Å². The Labute approximate surface area is 119 Å². The maximum atomic E-state index is 12.4. The van der Waals surface area contributed by atoms with Crippen LogP contribution in [0.1, 0.15) is 43.5 Å². The van der Waals surface area contributed by atoms with Gasteiger partial charge >= 0.3 is 6.18 Å². The predicted octanol–water partition coefficient (Wildman–Crippen LogP) is 3.30. The lowest BCUT2D eigenvalue weighted by Crippen LogP contribution is -2.33. The molecular formula is C12H18F3N3OS. The van der Waals surface area contributed by atoms with Crippen molar-refractivity contribution in [2.75, 3.05) is 18.5 Å². The molecule has 0 amide bonds. The highest BCUT2D eigenvalue weighted by Gasteiger charge is 2.36. The summed E-state index contributed by atoms with van der Waals surface area (Å²) in [5, 5.41) is 18.1. The molecule has 0 radical (unpaired) electrons. The number of aliphatic hydroxyl groups is 1. The molecule has 1 aliphatic carbocycles. The summed E-state index contributed by atoms with van der Waals surface area (Å²) in [5.74, 6) is 0. The van der Waals surface area contributed by atoms with Gasteiger partial charge < -0.3 is 10.4 Å². The summed E-state index contributed by atoms with van der Waals surface area (Å²) in [7, 11) is 0. The molecule has 8 heteroatoms. The quantitative estimate of drug-likeness (QED) is 0.876. The van der Waals surface area contributed by atoms with Crippen molar-refractivity contribution in [3.05, 3.63) is 5.01 Å². The molecule has 1 fully saturated rings. The third kappa shape index (κ3) is 3.82. The van der Waals surface area contributed by atoms with Crippen LogP contribution in [0.3, 0.4) is 0 Å². The van der Waals surface area contributed by atoms with E-state index < -0.39 is 11.2 Å². The second-order valence-electron chi connectivity index (χ2n) is 5.30. The fraction of sp³-hybridized carbons (Fsp3) is 0.833. The van der Waals surface area contributed by atoms with Gasteiger partial charge in [-0.15, -0.1) is 10.2 Å². The zero-order valence-corrected chi connectivity index (χ0v) is 11.9. The largest absolute Gasteiger partial charge is 0.445 e. The Morgan fingerprint density at radius 1 is 1.20 bits per heavy atom. The number of hydrogen-bond acceptors (Lipinski definition) is 5. The molecule has 2 rings (SSSR count). The van der Waals surface area contributed by atoms with Crippen LogP contribution in [-0.4, -0.2) is 28.5 Å². The normalized spacial score (nSPS) is 19.0. The number of nitrogens with one attached hydrogen (secondary N) is 1. The van der Waals surface area contributed by atoms with Gasteiger partial charge in [0, 0.05) is 13.2 Å². The van der Waals surface area contributed by atoms with Crippen LogP contribution in [0.2, 0.25) is 0 Å². The summed E-state index contributed by atoms with van der Waals surface area (Å²) in [6, 6.07) is 0. The fourth-order valence-corrected chi connectivity index (χ4v) is 3.33. The van der Waals surface area contributed by atoms with Crippen LogP contribution in [0.15, 0.2) is 0 Å². The molecule has 1 saturated carbocycles. The van der Waals surface area contributed by atoms with E-state index in [0.29, 0.717) is 24.3 Å². The fourth-order valence-electron chi connectivity index (χ4n) is 2.73. The van der Waals surface area contributed by atoms with Crippen molar-refractivity contribution in [1.29, 1.82) is 0 Å². The SMILES string of the molecule is OCCC1(CNc2nnc(C(F)(F)F)s2)CCCCC1. The van der Waals surface area contributed by atoms with E-state index >= 15 is 0 Å². The van der Waals surface area contributed by atoms with E-state index in [0.717, 1.165) is 25.7 Å². The summed E-state index contributed by atoms with van der Waals surface area (Å²) in [4.78, 5) is 0. The van der Waals surface area contributed by atoms with Crippen LogP contribution in [0, 0.1) is 5.41 Å². The Morgan fingerprint density at radius 3 is 2.45 bits per heavy atom. The molecule has 114 valence electrons. The summed E-state index contributed by atoms with van der Waals surface area (Å²) >= 11 is 0.524. The van der Waals surface area contributed by atoms with Crippen molar-refractivity contribution < 1.29 is 18.3 Å². The van der Waals surface area contributed by atoms with Crippen molar-refractivity contribution >= 4 is 16.5 Å². The first-order chi connectivity index (χ1) is 9.45. The summed E-state index contributed by atoms with van der Waals surface area (Å²) in [6.07, 6.45) is 1.61. The average Bonchev–Trinajstić information content (AvgIpc) is 2.87. The highest BCUT2D eigenvalue weighted by molar-refractivity contribution is 7.15. The smallest absolute Gasteiger partial charge is 0.396 e. The van der Waals surface area contributed by atoms with Gasteiger partial charge in [-0.25, -0.2) is 0 Å². The van der Waals surface area contributed by atoms with E-state index in [1.54, 1.807) is 0 Å². The Morgan fingerprint density at radius 2 is 1.90 bits per heavy atom. The maximum Gasteiger partial charge on any atom is 0.445 e. The van der Waals surface area contributed by atoms with Gasteiger partial charge in [0.25, 0.3) is 0 Å². The third-order valence-electron chi connectivity index (χ3n) is 3.84. The molecule has 4 nitrogen and oxygen atoms in total. The van der Waals surface area contributed by atoms with Gasteiger partial charge in [-0.3, -0.25) is 0 Å². The second kappa shape index (κ2) is 6.26. The summed E-state index contributed by atoms with van der Waals surface area (Å²) < 4.78 is 37.3. The summed E-state index contributed by atoms with van der Waals surface area (Å²) in [6.45, 7) is 0.644. The molecule has 0 aliphatic heterocycles. The predicted molar refractivity (Wildman–Crippen MR) is 70.6 cm³/mol. The third-order valence-corrected chi connectivity index (χ3v) is 4.76. The van der Waals surface area contributed by atoms with Gasteiger partial charge in [0.15, 0.2) is 0 Å². The van der Waals surface area contributed by atoms with E-state index in [9.17, 15) is 18.3 Å². The molecule has 20 heavy (non-hydrogen) atoms. The van der Waals surface area contributed by atoms with Gasteiger partial charge in [0.05, 0.1) is 0 Å². The molecule has 0 atom stereocenters. The minimum absolute atomic E-state index is 0.0307. The Bertz CT molecular complexity index is 424. The van der Waals surface area contributed by atoms with Crippen LogP contribution >= 0.6 is 11.3 Å². The van der Waals surface area contributed by atoms with Crippen molar-refractivity contribution in [1.82, 2.24) is 10.2 Å². The number of aromatic nitrogens is 2. The van der Waals surface area contributed by atoms with Crippen molar-refractivity contribution in [3.8, 4) is 0 Å².